The van der Waals surface area contributed by atoms with Crippen molar-refractivity contribution in [3.8, 4) is 5.75 Å². The number of hydrogen-bond acceptors (Lipinski definition) is 5. The number of hydrogen-bond donors (Lipinski definition) is 1. The van der Waals surface area contributed by atoms with Gasteiger partial charge >= 0.3 is 6.09 Å². The zero-order chi connectivity index (χ0) is 17.2. The van der Waals surface area contributed by atoms with Gasteiger partial charge in [-0.15, -0.1) is 0 Å². The van der Waals surface area contributed by atoms with Gasteiger partial charge in [-0.3, -0.25) is 5.32 Å². The van der Waals surface area contributed by atoms with Gasteiger partial charge in [0.05, 0.1) is 12.8 Å². The number of anilines is 1. The number of benzene rings is 2. The molecule has 1 saturated heterocycles. The maximum atomic E-state index is 12.2. The molecule has 2 aromatic rings. The number of fused-ring (bicyclic) bond motifs is 2. The lowest BCUT2D eigenvalue weighted by atomic mass is 10.1. The van der Waals surface area contributed by atoms with Crippen molar-refractivity contribution in [1.82, 2.24) is 4.90 Å². The van der Waals surface area contributed by atoms with Crippen LogP contribution in [0.2, 0.25) is 0 Å². The predicted molar refractivity (Wildman–Crippen MR) is 95.4 cm³/mol. The number of amides is 1. The van der Waals surface area contributed by atoms with E-state index >= 15 is 0 Å². The zero-order valence-corrected chi connectivity index (χ0v) is 13.9. The number of nitrogens with one attached hydrogen (secondary N) is 1. The summed E-state index contributed by atoms with van der Waals surface area (Å²) in [6, 6.07) is 15.2. The highest BCUT2D eigenvalue weighted by Crippen LogP contribution is 2.31. The summed E-state index contributed by atoms with van der Waals surface area (Å²) >= 11 is 0. The van der Waals surface area contributed by atoms with E-state index in [1.54, 1.807) is 31.4 Å². The van der Waals surface area contributed by atoms with E-state index in [4.69, 9.17) is 14.5 Å². The molecule has 1 unspecified atom stereocenters. The lowest BCUT2D eigenvalue weighted by Gasteiger charge is -2.26. The van der Waals surface area contributed by atoms with E-state index in [0.717, 1.165) is 36.8 Å². The maximum absolute atomic E-state index is 12.2. The third-order valence-electron chi connectivity index (χ3n) is 4.45. The smallest absolute Gasteiger partial charge is 0.412 e. The van der Waals surface area contributed by atoms with E-state index in [9.17, 15) is 4.79 Å². The number of carbonyl (C=O) groups excluding carboxylic acids is 1. The number of amidine groups is 1. The van der Waals surface area contributed by atoms with E-state index in [-0.39, 0.29) is 6.10 Å². The molecule has 1 amide bonds. The Bertz CT molecular complexity index is 817. The monoisotopic (exact) mass is 337 g/mol. The fraction of sp³-hybridized carbons (Fsp3) is 0.263. The Morgan fingerprint density at radius 1 is 1.20 bits per heavy atom. The van der Waals surface area contributed by atoms with Crippen LogP contribution >= 0.6 is 0 Å². The quantitative estimate of drug-likeness (QED) is 0.930. The molecule has 6 heteroatoms. The Morgan fingerprint density at radius 3 is 2.80 bits per heavy atom. The summed E-state index contributed by atoms with van der Waals surface area (Å²) in [5, 5.41) is 2.74. The molecule has 4 rings (SSSR count). The van der Waals surface area contributed by atoms with Gasteiger partial charge in [-0.2, -0.15) is 0 Å². The molecule has 1 fully saturated rings. The second-order valence-corrected chi connectivity index (χ2v) is 6.06. The molecule has 0 spiro atoms. The fourth-order valence-electron chi connectivity index (χ4n) is 3.17. The molecule has 0 aliphatic carbocycles. The minimum Gasteiger partial charge on any atom is -0.497 e. The van der Waals surface area contributed by atoms with Gasteiger partial charge < -0.3 is 14.4 Å². The lowest BCUT2D eigenvalue weighted by Crippen LogP contribution is -2.34. The SMILES string of the molecule is COc1ccc(NC(=O)OC2CCN3Cc4ccccc4N=C23)cc1. The maximum Gasteiger partial charge on any atom is 0.412 e. The zero-order valence-electron chi connectivity index (χ0n) is 13.9. The summed E-state index contributed by atoms with van der Waals surface area (Å²) in [4.78, 5) is 19.1. The van der Waals surface area contributed by atoms with Crippen LogP contribution in [0.15, 0.2) is 53.5 Å². The lowest BCUT2D eigenvalue weighted by molar-refractivity contribution is 0.143. The molecule has 1 atom stereocenters. The number of methoxy groups -OCH3 is 1. The average molecular weight is 337 g/mol. The van der Waals surface area contributed by atoms with Gasteiger partial charge in [0.2, 0.25) is 0 Å². The molecule has 6 nitrogen and oxygen atoms in total. The van der Waals surface area contributed by atoms with Crippen molar-refractivity contribution >= 4 is 23.3 Å². The standard InChI is InChI=1S/C19H19N3O3/c1-24-15-8-6-14(7-9-15)20-19(23)25-17-10-11-22-12-13-4-2-3-5-16(13)21-18(17)22/h2-9,17H,10-12H2,1H3,(H,20,23). The van der Waals surface area contributed by atoms with Crippen LogP contribution in [-0.4, -0.2) is 36.6 Å². The van der Waals surface area contributed by atoms with Crippen LogP contribution in [0.4, 0.5) is 16.2 Å². The largest absolute Gasteiger partial charge is 0.497 e. The first kappa shape index (κ1) is 15.5. The molecule has 1 N–H and O–H groups in total. The van der Waals surface area contributed by atoms with Crippen molar-refractivity contribution in [3.63, 3.8) is 0 Å². The molecule has 2 aliphatic heterocycles. The van der Waals surface area contributed by atoms with Crippen LogP contribution in [0, 0.1) is 0 Å². The van der Waals surface area contributed by atoms with E-state index < -0.39 is 6.09 Å². The van der Waals surface area contributed by atoms with Crippen LogP contribution in [-0.2, 0) is 11.3 Å². The highest BCUT2D eigenvalue weighted by atomic mass is 16.6. The molecule has 25 heavy (non-hydrogen) atoms. The van der Waals surface area contributed by atoms with Crippen molar-refractivity contribution < 1.29 is 14.3 Å². The van der Waals surface area contributed by atoms with Crippen LogP contribution in [0.5, 0.6) is 5.75 Å². The van der Waals surface area contributed by atoms with E-state index in [0.29, 0.717) is 5.69 Å². The van der Waals surface area contributed by atoms with Gasteiger partial charge in [0.1, 0.15) is 11.6 Å². The number of aliphatic imine (C=N–C) groups is 1. The minimum absolute atomic E-state index is 0.313. The van der Waals surface area contributed by atoms with Crippen LogP contribution in [0.25, 0.3) is 0 Å². The topological polar surface area (TPSA) is 63.2 Å². The van der Waals surface area contributed by atoms with Crippen molar-refractivity contribution in [3.05, 3.63) is 54.1 Å². The van der Waals surface area contributed by atoms with Gasteiger partial charge in [-0.05, 0) is 35.9 Å². The number of para-hydroxylation sites is 1. The third-order valence-corrected chi connectivity index (χ3v) is 4.45. The molecule has 0 saturated carbocycles. The van der Waals surface area contributed by atoms with Gasteiger partial charge in [0.25, 0.3) is 0 Å². The Hall–Kier alpha value is -3.02. The van der Waals surface area contributed by atoms with E-state index in [1.165, 1.54) is 5.56 Å². The third kappa shape index (κ3) is 3.15. The molecule has 0 radical (unpaired) electrons. The van der Waals surface area contributed by atoms with Crippen molar-refractivity contribution in [1.29, 1.82) is 0 Å². The summed E-state index contributed by atoms with van der Waals surface area (Å²) < 4.78 is 10.7. The molecular weight excluding hydrogens is 318 g/mol. The summed E-state index contributed by atoms with van der Waals surface area (Å²) in [6.45, 7) is 1.66. The number of nitrogens with zero attached hydrogens (tertiary/aromatic N) is 2. The highest BCUT2D eigenvalue weighted by molar-refractivity contribution is 5.95. The van der Waals surface area contributed by atoms with Gasteiger partial charge in [0, 0.05) is 25.2 Å². The molecule has 0 bridgehead atoms. The van der Waals surface area contributed by atoms with Gasteiger partial charge in [0.15, 0.2) is 6.10 Å². The minimum atomic E-state index is -0.474. The average Bonchev–Trinajstić information content (AvgIpc) is 3.02. The first-order valence-electron chi connectivity index (χ1n) is 8.26. The summed E-state index contributed by atoms with van der Waals surface area (Å²) in [5.74, 6) is 1.57. The van der Waals surface area contributed by atoms with Crippen molar-refractivity contribution in [2.24, 2.45) is 4.99 Å². The summed E-state index contributed by atoms with van der Waals surface area (Å²) in [6.07, 6.45) is -0.0340. The second kappa shape index (κ2) is 6.47. The van der Waals surface area contributed by atoms with Crippen LogP contribution in [0.1, 0.15) is 12.0 Å². The number of carbonyl (C=O) groups is 1. The van der Waals surface area contributed by atoms with Gasteiger partial charge in [-0.1, -0.05) is 18.2 Å². The fourth-order valence-corrected chi connectivity index (χ4v) is 3.17. The van der Waals surface area contributed by atoms with Crippen LogP contribution < -0.4 is 10.1 Å². The highest BCUT2D eigenvalue weighted by Gasteiger charge is 2.35. The molecule has 2 aromatic carbocycles. The number of rotatable bonds is 3. The Kier molecular flexibility index (Phi) is 4.01. The van der Waals surface area contributed by atoms with Crippen LogP contribution in [0.3, 0.4) is 0 Å². The molecule has 2 aliphatic rings. The molecule has 0 aromatic heterocycles. The van der Waals surface area contributed by atoms with E-state index in [1.807, 2.05) is 18.2 Å². The summed E-state index contributed by atoms with van der Waals surface area (Å²) in [5.41, 5.74) is 2.82. The van der Waals surface area contributed by atoms with E-state index in [2.05, 4.69) is 16.3 Å². The van der Waals surface area contributed by atoms with Gasteiger partial charge in [-0.25, -0.2) is 9.79 Å². The van der Waals surface area contributed by atoms with Crippen molar-refractivity contribution in [2.75, 3.05) is 19.0 Å². The molecule has 2 heterocycles. The first-order valence-corrected chi connectivity index (χ1v) is 8.26. The molecule has 128 valence electrons. The molecular formula is C19H19N3O3. The summed E-state index contributed by atoms with van der Waals surface area (Å²) in [7, 11) is 1.60. The Balaban J connectivity index is 1.44. The predicted octanol–water partition coefficient (Wildman–Crippen LogP) is 3.56. The Labute approximate surface area is 146 Å². The Morgan fingerprint density at radius 2 is 2.00 bits per heavy atom. The second-order valence-electron chi connectivity index (χ2n) is 6.06. The number of ether oxygens (including phenoxy) is 2. The first-order chi connectivity index (χ1) is 12.2. The van der Waals surface area contributed by atoms with Crippen molar-refractivity contribution in [2.45, 2.75) is 19.1 Å². The normalized spacial score (nSPS) is 18.0.